The highest BCUT2D eigenvalue weighted by Crippen LogP contribution is 2.16. The zero-order valence-corrected chi connectivity index (χ0v) is 28.5. The van der Waals surface area contributed by atoms with Crippen molar-refractivity contribution in [1.82, 2.24) is 4.90 Å². The number of hydrogen-bond donors (Lipinski definition) is 0. The minimum Gasteiger partial charge on any atom is -0.377 e. The summed E-state index contributed by atoms with van der Waals surface area (Å²) in [4.78, 5) is 2.60. The van der Waals surface area contributed by atoms with Gasteiger partial charge in [-0.05, 0) is 42.5 Å². The maximum atomic E-state index is 2.60. The first-order chi connectivity index (χ1) is 20.1. The molecule has 0 spiro atoms. The van der Waals surface area contributed by atoms with Crippen molar-refractivity contribution in [3.63, 3.8) is 0 Å². The van der Waals surface area contributed by atoms with Gasteiger partial charge in [-0.25, -0.2) is 0 Å². The summed E-state index contributed by atoms with van der Waals surface area (Å²) in [5, 5.41) is 0. The minimum atomic E-state index is 0.880. The van der Waals surface area contributed by atoms with Crippen LogP contribution in [0.3, 0.4) is 0 Å². The van der Waals surface area contributed by atoms with Crippen LogP contribution < -0.4 is 0 Å². The second kappa shape index (κ2) is 28.9. The van der Waals surface area contributed by atoms with Crippen LogP contribution in [-0.4, -0.2) is 18.0 Å². The Labute approximate surface area is 259 Å². The fourth-order valence-electron chi connectivity index (χ4n) is 5.93. The van der Waals surface area contributed by atoms with E-state index in [9.17, 15) is 0 Å². The van der Waals surface area contributed by atoms with Crippen molar-refractivity contribution in [2.75, 3.05) is 13.1 Å². The summed E-state index contributed by atoms with van der Waals surface area (Å²) in [6.07, 6.45) is 39.0. The molecule has 0 unspecified atom stereocenters. The molecule has 1 aromatic carbocycles. The Morgan fingerprint density at radius 3 is 1.10 bits per heavy atom. The highest BCUT2D eigenvalue weighted by molar-refractivity contribution is 5.48. The standard InChI is InChI=1S/C40H73N/c1-38(2)30-24-19-15-11-7-5-9-13-17-21-28-35-41(37-34-40-32-26-23-27-33-40)36-29-22-18-14-10-6-8-12-16-20-25-31-39(3)4/h23,26-27,32-34,37-39H,5-22,24-25,28-31,35-36H2,1-4H3. The van der Waals surface area contributed by atoms with Crippen LogP contribution in [0.5, 0.6) is 0 Å². The molecule has 1 nitrogen and oxygen atoms in total. The lowest BCUT2D eigenvalue weighted by Crippen LogP contribution is -2.20. The fourth-order valence-corrected chi connectivity index (χ4v) is 5.93. The molecular formula is C40H73N. The molecule has 0 saturated carbocycles. The Hall–Kier alpha value is -1.24. The van der Waals surface area contributed by atoms with E-state index < -0.39 is 0 Å². The van der Waals surface area contributed by atoms with Gasteiger partial charge >= 0.3 is 0 Å². The van der Waals surface area contributed by atoms with Crippen LogP contribution in [0.2, 0.25) is 0 Å². The van der Waals surface area contributed by atoms with Crippen LogP contribution in [0.1, 0.15) is 187 Å². The van der Waals surface area contributed by atoms with E-state index in [4.69, 9.17) is 0 Å². The molecule has 0 amide bonds. The molecule has 0 bridgehead atoms. The van der Waals surface area contributed by atoms with Crippen LogP contribution in [0, 0.1) is 11.8 Å². The number of benzene rings is 1. The molecule has 1 rings (SSSR count). The van der Waals surface area contributed by atoms with E-state index in [2.05, 4.69) is 75.2 Å². The highest BCUT2D eigenvalue weighted by atomic mass is 15.1. The molecule has 0 aliphatic carbocycles. The largest absolute Gasteiger partial charge is 0.377 e. The van der Waals surface area contributed by atoms with Gasteiger partial charge in [0, 0.05) is 13.1 Å². The summed E-state index contributed by atoms with van der Waals surface area (Å²) in [7, 11) is 0. The average Bonchev–Trinajstić information content (AvgIpc) is 2.96. The van der Waals surface area contributed by atoms with Crippen molar-refractivity contribution in [3.8, 4) is 0 Å². The van der Waals surface area contributed by atoms with Gasteiger partial charge in [0.1, 0.15) is 0 Å². The van der Waals surface area contributed by atoms with Crippen LogP contribution in [0.25, 0.3) is 6.08 Å². The summed E-state index contributed by atoms with van der Waals surface area (Å²) in [5.41, 5.74) is 1.32. The number of hydrogen-bond acceptors (Lipinski definition) is 1. The van der Waals surface area contributed by atoms with Crippen molar-refractivity contribution < 1.29 is 0 Å². The van der Waals surface area contributed by atoms with E-state index in [1.54, 1.807) is 0 Å². The molecule has 0 aliphatic rings. The Bertz CT molecular complexity index is 627. The molecule has 0 atom stereocenters. The van der Waals surface area contributed by atoms with Crippen LogP contribution >= 0.6 is 0 Å². The van der Waals surface area contributed by atoms with Gasteiger partial charge in [0.15, 0.2) is 0 Å². The van der Waals surface area contributed by atoms with E-state index in [1.165, 1.54) is 173 Å². The minimum absolute atomic E-state index is 0.880. The molecule has 0 aromatic heterocycles. The van der Waals surface area contributed by atoms with E-state index in [0.717, 1.165) is 11.8 Å². The van der Waals surface area contributed by atoms with E-state index in [1.807, 2.05) is 0 Å². The van der Waals surface area contributed by atoms with Gasteiger partial charge in [-0.15, -0.1) is 0 Å². The van der Waals surface area contributed by atoms with Crippen molar-refractivity contribution in [1.29, 1.82) is 0 Å². The SMILES string of the molecule is CC(C)CCCCCCCCCCCCCN(C=Cc1ccccc1)CCCCCCCCCCCCCC(C)C. The summed E-state index contributed by atoms with van der Waals surface area (Å²) in [6, 6.07) is 10.8. The molecule has 0 fully saturated rings. The molecular weight excluding hydrogens is 494 g/mol. The van der Waals surface area contributed by atoms with Crippen molar-refractivity contribution in [2.24, 2.45) is 11.8 Å². The van der Waals surface area contributed by atoms with Gasteiger partial charge in [-0.2, -0.15) is 0 Å². The van der Waals surface area contributed by atoms with Gasteiger partial charge in [0.2, 0.25) is 0 Å². The zero-order chi connectivity index (χ0) is 29.6. The molecule has 0 saturated heterocycles. The number of unbranched alkanes of at least 4 members (excludes halogenated alkanes) is 20. The topological polar surface area (TPSA) is 3.24 Å². The van der Waals surface area contributed by atoms with Crippen molar-refractivity contribution in [3.05, 3.63) is 42.1 Å². The molecule has 238 valence electrons. The molecule has 0 N–H and O–H groups in total. The second-order valence-electron chi connectivity index (χ2n) is 13.9. The molecule has 1 aromatic rings. The van der Waals surface area contributed by atoms with Gasteiger partial charge in [-0.3, -0.25) is 0 Å². The first kappa shape index (κ1) is 37.8. The summed E-state index contributed by atoms with van der Waals surface area (Å²) in [6.45, 7) is 11.8. The first-order valence-electron chi connectivity index (χ1n) is 18.5. The quantitative estimate of drug-likeness (QED) is 0.0835. The predicted octanol–water partition coefficient (Wildman–Crippen LogP) is 13.6. The Balaban J connectivity index is 2.08. The molecule has 0 radical (unpaired) electrons. The third-order valence-electron chi connectivity index (χ3n) is 8.73. The lowest BCUT2D eigenvalue weighted by atomic mass is 10.0. The molecule has 0 aliphatic heterocycles. The van der Waals surface area contributed by atoms with Gasteiger partial charge in [0.05, 0.1) is 0 Å². The summed E-state index contributed by atoms with van der Waals surface area (Å²) in [5.74, 6) is 1.76. The second-order valence-corrected chi connectivity index (χ2v) is 13.9. The molecule has 41 heavy (non-hydrogen) atoms. The lowest BCUT2D eigenvalue weighted by Gasteiger charge is -2.20. The van der Waals surface area contributed by atoms with Crippen molar-refractivity contribution >= 4 is 6.08 Å². The number of nitrogens with zero attached hydrogens (tertiary/aromatic N) is 1. The van der Waals surface area contributed by atoms with Crippen LogP contribution in [0.4, 0.5) is 0 Å². The summed E-state index contributed by atoms with van der Waals surface area (Å²) < 4.78 is 0. The smallest absolute Gasteiger partial charge is 0.0172 e. The third-order valence-corrected chi connectivity index (χ3v) is 8.73. The van der Waals surface area contributed by atoms with Crippen LogP contribution in [0.15, 0.2) is 36.5 Å². The van der Waals surface area contributed by atoms with Gasteiger partial charge < -0.3 is 4.90 Å². The fraction of sp³-hybridized carbons (Fsp3) is 0.800. The van der Waals surface area contributed by atoms with E-state index >= 15 is 0 Å². The molecule has 1 heteroatoms. The van der Waals surface area contributed by atoms with E-state index in [0.29, 0.717) is 0 Å². The average molecular weight is 568 g/mol. The lowest BCUT2D eigenvalue weighted by molar-refractivity contribution is 0.351. The zero-order valence-electron chi connectivity index (χ0n) is 28.5. The monoisotopic (exact) mass is 568 g/mol. The Morgan fingerprint density at radius 2 is 0.756 bits per heavy atom. The van der Waals surface area contributed by atoms with Gasteiger partial charge in [-0.1, -0.05) is 199 Å². The van der Waals surface area contributed by atoms with Crippen molar-refractivity contribution in [2.45, 2.75) is 182 Å². The van der Waals surface area contributed by atoms with E-state index in [-0.39, 0.29) is 0 Å². The Kier molecular flexibility index (Phi) is 26.6. The Morgan fingerprint density at radius 1 is 0.439 bits per heavy atom. The maximum Gasteiger partial charge on any atom is 0.0172 e. The first-order valence-corrected chi connectivity index (χ1v) is 18.5. The highest BCUT2D eigenvalue weighted by Gasteiger charge is 2.02. The maximum absolute atomic E-state index is 2.60. The molecule has 0 heterocycles. The summed E-state index contributed by atoms with van der Waals surface area (Å²) >= 11 is 0. The normalized spacial score (nSPS) is 11.9. The predicted molar refractivity (Wildman–Crippen MR) is 188 cm³/mol. The van der Waals surface area contributed by atoms with Gasteiger partial charge in [0.25, 0.3) is 0 Å². The number of rotatable bonds is 30. The van der Waals surface area contributed by atoms with Crippen LogP contribution in [-0.2, 0) is 0 Å². The third kappa shape index (κ3) is 27.4.